The lowest BCUT2D eigenvalue weighted by molar-refractivity contribution is 0.208. The van der Waals surface area contributed by atoms with Crippen molar-refractivity contribution in [2.24, 2.45) is 5.73 Å². The third-order valence-electron chi connectivity index (χ3n) is 1.18. The summed E-state index contributed by atoms with van der Waals surface area (Å²) in [6.45, 7) is 2.20. The van der Waals surface area contributed by atoms with Crippen molar-refractivity contribution in [3.8, 4) is 0 Å². The van der Waals surface area contributed by atoms with Crippen molar-refractivity contribution < 1.29 is 5.11 Å². The van der Waals surface area contributed by atoms with Crippen molar-refractivity contribution in [1.82, 2.24) is 10.2 Å². The van der Waals surface area contributed by atoms with Crippen LogP contribution in [0.15, 0.2) is 4.34 Å². The van der Waals surface area contributed by atoms with Crippen LogP contribution in [-0.4, -0.2) is 33.7 Å². The minimum Gasteiger partial charge on any atom is -0.391 e. The van der Waals surface area contributed by atoms with Crippen LogP contribution in [0.5, 0.6) is 0 Å². The molecule has 0 radical (unpaired) electrons. The molecule has 1 aromatic rings. The van der Waals surface area contributed by atoms with Gasteiger partial charge in [-0.2, -0.15) is 0 Å². The highest BCUT2D eigenvalue weighted by atomic mass is 32.2. The summed E-state index contributed by atoms with van der Waals surface area (Å²) in [5.41, 5.74) is 5.25. The average molecular weight is 205 g/mol. The van der Waals surface area contributed by atoms with Crippen molar-refractivity contribution in [2.75, 3.05) is 12.3 Å². The van der Waals surface area contributed by atoms with Gasteiger partial charge in [0.15, 0.2) is 4.34 Å². The lowest BCUT2D eigenvalue weighted by atomic mass is 10.4. The van der Waals surface area contributed by atoms with Gasteiger partial charge in [-0.15, -0.1) is 10.2 Å². The first kappa shape index (κ1) is 9.91. The second kappa shape index (κ2) is 4.76. The molecule has 0 aliphatic carbocycles. The monoisotopic (exact) mass is 205 g/mol. The zero-order valence-electron chi connectivity index (χ0n) is 6.73. The number of aliphatic hydroxyl groups is 1. The third-order valence-corrected chi connectivity index (χ3v) is 3.30. The molecule has 1 aromatic heterocycles. The van der Waals surface area contributed by atoms with Gasteiger partial charge < -0.3 is 10.8 Å². The number of aliphatic hydroxyl groups excluding tert-OH is 1. The first-order valence-corrected chi connectivity index (χ1v) is 5.33. The van der Waals surface area contributed by atoms with Gasteiger partial charge in [-0.25, -0.2) is 0 Å². The molecule has 4 nitrogen and oxygen atoms in total. The molecule has 0 saturated carbocycles. The van der Waals surface area contributed by atoms with Gasteiger partial charge in [-0.05, 0) is 6.92 Å². The SMILES string of the molecule is Cc1nnc(SCC(O)CN)s1. The summed E-state index contributed by atoms with van der Waals surface area (Å²) in [6.07, 6.45) is -0.445. The van der Waals surface area contributed by atoms with E-state index in [1.807, 2.05) is 6.92 Å². The number of aryl methyl sites for hydroxylation is 1. The van der Waals surface area contributed by atoms with Crippen LogP contribution in [0.2, 0.25) is 0 Å². The van der Waals surface area contributed by atoms with Crippen LogP contribution in [0.3, 0.4) is 0 Å². The molecule has 1 rings (SSSR count). The molecule has 0 saturated heterocycles. The number of thioether (sulfide) groups is 1. The zero-order chi connectivity index (χ0) is 8.97. The van der Waals surface area contributed by atoms with Crippen molar-refractivity contribution >= 4 is 23.1 Å². The fourth-order valence-electron chi connectivity index (χ4n) is 0.572. The van der Waals surface area contributed by atoms with E-state index in [0.29, 0.717) is 12.3 Å². The number of aromatic nitrogens is 2. The molecule has 68 valence electrons. The van der Waals surface area contributed by atoms with Gasteiger partial charge in [0.25, 0.3) is 0 Å². The molecule has 6 heteroatoms. The van der Waals surface area contributed by atoms with Crippen LogP contribution in [0.1, 0.15) is 5.01 Å². The molecule has 0 fully saturated rings. The second-order valence-corrected chi connectivity index (χ2v) is 4.74. The molecule has 1 heterocycles. The maximum atomic E-state index is 9.14. The first-order valence-electron chi connectivity index (χ1n) is 3.53. The van der Waals surface area contributed by atoms with Crippen LogP contribution in [0.4, 0.5) is 0 Å². The van der Waals surface area contributed by atoms with Gasteiger partial charge in [-0.1, -0.05) is 23.1 Å². The molecule has 3 N–H and O–H groups in total. The molecule has 1 unspecified atom stereocenters. The summed E-state index contributed by atoms with van der Waals surface area (Å²) < 4.78 is 0.889. The molecule has 0 aromatic carbocycles. The van der Waals surface area contributed by atoms with Gasteiger partial charge in [0, 0.05) is 12.3 Å². The van der Waals surface area contributed by atoms with Crippen molar-refractivity contribution in [3.05, 3.63) is 5.01 Å². The Morgan fingerprint density at radius 3 is 2.92 bits per heavy atom. The van der Waals surface area contributed by atoms with Gasteiger partial charge in [0.05, 0.1) is 6.10 Å². The summed E-state index contributed by atoms with van der Waals surface area (Å²) in [6, 6.07) is 0. The number of nitrogens with zero attached hydrogens (tertiary/aromatic N) is 2. The Hall–Kier alpha value is -0.170. The van der Waals surface area contributed by atoms with Crippen LogP contribution >= 0.6 is 23.1 Å². The highest BCUT2D eigenvalue weighted by molar-refractivity contribution is 8.01. The summed E-state index contributed by atoms with van der Waals surface area (Å²) in [5.74, 6) is 0.588. The van der Waals surface area contributed by atoms with Crippen LogP contribution in [0, 0.1) is 6.92 Å². The predicted molar refractivity (Wildman–Crippen MR) is 50.4 cm³/mol. The third kappa shape index (κ3) is 3.06. The van der Waals surface area contributed by atoms with Gasteiger partial charge in [0.2, 0.25) is 0 Å². The summed E-state index contributed by atoms with van der Waals surface area (Å²) in [4.78, 5) is 0. The Bertz CT molecular complexity index is 240. The normalized spacial score (nSPS) is 13.2. The minimum atomic E-state index is -0.445. The number of hydrogen-bond acceptors (Lipinski definition) is 6. The highest BCUT2D eigenvalue weighted by Gasteiger charge is 2.05. The van der Waals surface area contributed by atoms with Gasteiger partial charge in [-0.3, -0.25) is 0 Å². The van der Waals surface area contributed by atoms with Crippen LogP contribution in [0.25, 0.3) is 0 Å². The molecule has 0 bridgehead atoms. The number of rotatable bonds is 4. The Morgan fingerprint density at radius 1 is 1.67 bits per heavy atom. The van der Waals surface area contributed by atoms with Crippen LogP contribution < -0.4 is 5.73 Å². The molecule has 12 heavy (non-hydrogen) atoms. The first-order chi connectivity index (χ1) is 5.72. The van der Waals surface area contributed by atoms with Crippen molar-refractivity contribution in [3.63, 3.8) is 0 Å². The Labute approximate surface area is 79.2 Å². The fraction of sp³-hybridized carbons (Fsp3) is 0.667. The maximum absolute atomic E-state index is 9.14. The zero-order valence-corrected chi connectivity index (χ0v) is 8.36. The van der Waals surface area contributed by atoms with Crippen LogP contribution in [-0.2, 0) is 0 Å². The summed E-state index contributed by atoms with van der Waals surface area (Å²) in [5, 5.41) is 17.8. The molecule has 0 spiro atoms. The summed E-state index contributed by atoms with van der Waals surface area (Å²) >= 11 is 3.02. The predicted octanol–water partition coefficient (Wildman–Crippen LogP) is 0.258. The van der Waals surface area contributed by atoms with E-state index < -0.39 is 6.10 Å². The van der Waals surface area contributed by atoms with Crippen molar-refractivity contribution in [1.29, 1.82) is 0 Å². The molecule has 0 amide bonds. The maximum Gasteiger partial charge on any atom is 0.174 e. The molecule has 0 aliphatic heterocycles. The van der Waals surface area contributed by atoms with Crippen molar-refractivity contribution in [2.45, 2.75) is 17.4 Å². The van der Waals surface area contributed by atoms with Gasteiger partial charge >= 0.3 is 0 Å². The van der Waals surface area contributed by atoms with E-state index in [2.05, 4.69) is 10.2 Å². The standard InChI is InChI=1S/C6H11N3OS2/c1-4-8-9-6(12-4)11-3-5(10)2-7/h5,10H,2-3,7H2,1H3. The molecular formula is C6H11N3OS2. The fourth-order valence-corrected chi connectivity index (χ4v) is 2.36. The second-order valence-electron chi connectivity index (χ2n) is 2.29. The number of nitrogens with two attached hydrogens (primary N) is 1. The van der Waals surface area contributed by atoms with E-state index >= 15 is 0 Å². The lowest BCUT2D eigenvalue weighted by Gasteiger charge is -2.03. The van der Waals surface area contributed by atoms with E-state index in [0.717, 1.165) is 9.35 Å². The van der Waals surface area contributed by atoms with Gasteiger partial charge in [0.1, 0.15) is 5.01 Å². The average Bonchev–Trinajstić information content (AvgIpc) is 2.47. The summed E-state index contributed by atoms with van der Waals surface area (Å²) in [7, 11) is 0. The van der Waals surface area contributed by atoms with E-state index in [9.17, 15) is 0 Å². The van der Waals surface area contributed by atoms with E-state index in [-0.39, 0.29) is 0 Å². The Balaban J connectivity index is 2.33. The molecule has 1 atom stereocenters. The lowest BCUT2D eigenvalue weighted by Crippen LogP contribution is -2.21. The van der Waals surface area contributed by atoms with E-state index in [1.54, 1.807) is 0 Å². The number of hydrogen-bond donors (Lipinski definition) is 2. The topological polar surface area (TPSA) is 72.0 Å². The molecular weight excluding hydrogens is 194 g/mol. The van der Waals surface area contributed by atoms with E-state index in [1.165, 1.54) is 23.1 Å². The highest BCUT2D eigenvalue weighted by Crippen LogP contribution is 2.21. The largest absolute Gasteiger partial charge is 0.391 e. The Kier molecular flexibility index (Phi) is 3.93. The quantitative estimate of drug-likeness (QED) is 0.690. The van der Waals surface area contributed by atoms with E-state index in [4.69, 9.17) is 10.8 Å². The Morgan fingerprint density at radius 2 is 2.42 bits per heavy atom. The smallest absolute Gasteiger partial charge is 0.174 e. The molecule has 0 aliphatic rings. The minimum absolute atomic E-state index is 0.296.